The van der Waals surface area contributed by atoms with Gasteiger partial charge in [-0.3, -0.25) is 0 Å². The van der Waals surface area contributed by atoms with Gasteiger partial charge in [0, 0.05) is 0 Å². The first-order valence-corrected chi connectivity index (χ1v) is 7.29. The van der Waals surface area contributed by atoms with Crippen molar-refractivity contribution >= 4 is 19.2 Å². The van der Waals surface area contributed by atoms with Crippen molar-refractivity contribution < 1.29 is 20.3 Å². The second-order valence-corrected chi connectivity index (χ2v) is 6.32. The Balaban J connectivity index is 0.00000112. The van der Waals surface area contributed by atoms with Gasteiger partial charge in [0.25, 0.3) is 0 Å². The summed E-state index contributed by atoms with van der Waals surface area (Å²) in [5, 5.41) is 3.03. The first-order chi connectivity index (χ1) is 6.88. The van der Waals surface area contributed by atoms with E-state index in [1.54, 1.807) is 0 Å². The summed E-state index contributed by atoms with van der Waals surface area (Å²) in [5.74, 6) is 0. The summed E-state index contributed by atoms with van der Waals surface area (Å²) in [6.45, 7) is 2.38. The largest absolute Gasteiger partial charge is 1.00 e. The van der Waals surface area contributed by atoms with Gasteiger partial charge in [0.05, 0.1) is 8.80 Å². The van der Waals surface area contributed by atoms with Crippen molar-refractivity contribution in [3.05, 3.63) is 60.7 Å². The molecule has 72 valence electrons. The first kappa shape index (κ1) is 12.3. The molecule has 0 heterocycles. The molecule has 0 saturated carbocycles. The molecule has 2 aromatic carbocycles. The van der Waals surface area contributed by atoms with Crippen LogP contribution >= 0.6 is 0 Å². The Morgan fingerprint density at radius 2 is 1.07 bits per heavy atom. The number of rotatable bonds is 2. The number of benzene rings is 2. The molecule has 0 amide bonds. The van der Waals surface area contributed by atoms with E-state index in [0.29, 0.717) is 0 Å². The molecule has 0 fully saturated rings. The van der Waals surface area contributed by atoms with E-state index in [1.165, 1.54) is 10.4 Å². The predicted molar refractivity (Wildman–Crippen MR) is 66.3 cm³/mol. The molecule has 0 aromatic heterocycles. The van der Waals surface area contributed by atoms with Gasteiger partial charge in [-0.05, 0) is 0 Å². The monoisotopic (exact) mass is 206 g/mol. The third-order valence-corrected chi connectivity index (χ3v) is 5.37. The fraction of sp³-hybridized carbons (Fsp3) is 0.0769. The third-order valence-electron chi connectivity index (χ3n) is 2.60. The van der Waals surface area contributed by atoms with Crippen molar-refractivity contribution in [1.29, 1.82) is 0 Å². The average Bonchev–Trinajstić information content (AvgIpc) is 2.30. The molecular weight excluding hydrogens is 191 g/mol. The molecular formula is C13H15LiSi. The minimum atomic E-state index is -0.919. The third kappa shape index (κ3) is 3.10. The summed E-state index contributed by atoms with van der Waals surface area (Å²) in [4.78, 5) is 0. The van der Waals surface area contributed by atoms with Gasteiger partial charge in [0.2, 0.25) is 0 Å². The van der Waals surface area contributed by atoms with Gasteiger partial charge in [0.15, 0.2) is 0 Å². The summed E-state index contributed by atoms with van der Waals surface area (Å²) in [5.41, 5.74) is 0. The zero-order valence-corrected chi connectivity index (χ0v) is 10.5. The zero-order valence-electron chi connectivity index (χ0n) is 10.4. The van der Waals surface area contributed by atoms with E-state index < -0.39 is 8.80 Å². The van der Waals surface area contributed by atoms with E-state index in [4.69, 9.17) is 0 Å². The molecule has 0 aliphatic heterocycles. The zero-order chi connectivity index (χ0) is 9.80. The molecule has 0 aliphatic rings. The summed E-state index contributed by atoms with van der Waals surface area (Å²) in [6, 6.07) is 21.6. The maximum absolute atomic E-state index is 2.38. The van der Waals surface area contributed by atoms with E-state index in [9.17, 15) is 0 Å². The van der Waals surface area contributed by atoms with Crippen LogP contribution < -0.4 is 29.2 Å². The maximum atomic E-state index is 2.38. The molecule has 15 heavy (non-hydrogen) atoms. The van der Waals surface area contributed by atoms with Crippen molar-refractivity contribution in [2.45, 2.75) is 6.55 Å². The second-order valence-electron chi connectivity index (χ2n) is 3.54. The van der Waals surface area contributed by atoms with Gasteiger partial charge in [0.1, 0.15) is 0 Å². The van der Waals surface area contributed by atoms with E-state index >= 15 is 0 Å². The molecule has 0 saturated heterocycles. The SMILES string of the molecule is C[SiH](c1ccccc1)c1ccccc1.[H-].[Li+]. The molecule has 0 N–H and O–H groups in total. The van der Waals surface area contributed by atoms with Crippen LogP contribution in [0, 0.1) is 0 Å². The van der Waals surface area contributed by atoms with Crippen LogP contribution in [-0.2, 0) is 0 Å². The van der Waals surface area contributed by atoms with Crippen LogP contribution in [0.15, 0.2) is 60.7 Å². The van der Waals surface area contributed by atoms with Crippen LogP contribution in [0.1, 0.15) is 1.43 Å². The van der Waals surface area contributed by atoms with E-state index in [2.05, 4.69) is 67.2 Å². The molecule has 2 heteroatoms. The minimum absolute atomic E-state index is 0. The Labute approximate surface area is 107 Å². The van der Waals surface area contributed by atoms with E-state index in [1.807, 2.05) is 0 Å². The molecule has 2 rings (SSSR count). The van der Waals surface area contributed by atoms with Gasteiger partial charge in [-0.25, -0.2) is 0 Å². The Kier molecular flexibility index (Phi) is 4.91. The van der Waals surface area contributed by atoms with Crippen molar-refractivity contribution in [3.63, 3.8) is 0 Å². The molecule has 0 aliphatic carbocycles. The van der Waals surface area contributed by atoms with Crippen molar-refractivity contribution in [2.24, 2.45) is 0 Å². The summed E-state index contributed by atoms with van der Waals surface area (Å²) in [6.07, 6.45) is 0. The Morgan fingerprint density at radius 1 is 0.733 bits per heavy atom. The maximum Gasteiger partial charge on any atom is 1.00 e. The second kappa shape index (κ2) is 5.97. The standard InChI is InChI=1S/C13H14Si.Li.H/c1-14(12-8-4-2-5-9-12)13-10-6-3-7-11-13;;/h2-11,14H,1H3;;/q;+1;-1. The van der Waals surface area contributed by atoms with Gasteiger partial charge in [-0.1, -0.05) is 77.6 Å². The molecule has 0 bridgehead atoms. The minimum Gasteiger partial charge on any atom is -1.00 e. The fourth-order valence-corrected chi connectivity index (χ4v) is 3.66. The number of hydrogen-bond acceptors (Lipinski definition) is 0. The van der Waals surface area contributed by atoms with Gasteiger partial charge >= 0.3 is 18.9 Å². The van der Waals surface area contributed by atoms with Crippen molar-refractivity contribution in [1.82, 2.24) is 0 Å². The van der Waals surface area contributed by atoms with Crippen LogP contribution in [0.2, 0.25) is 6.55 Å². The number of hydrogen-bond donors (Lipinski definition) is 0. The molecule has 0 atom stereocenters. The van der Waals surface area contributed by atoms with Crippen LogP contribution in [0.5, 0.6) is 0 Å². The van der Waals surface area contributed by atoms with Crippen molar-refractivity contribution in [2.75, 3.05) is 0 Å². The van der Waals surface area contributed by atoms with E-state index in [-0.39, 0.29) is 20.3 Å². The van der Waals surface area contributed by atoms with E-state index in [0.717, 1.165) is 0 Å². The molecule has 2 aromatic rings. The molecule has 0 unspecified atom stereocenters. The summed E-state index contributed by atoms with van der Waals surface area (Å²) >= 11 is 0. The predicted octanol–water partition coefficient (Wildman–Crippen LogP) is -1.23. The summed E-state index contributed by atoms with van der Waals surface area (Å²) < 4.78 is 0. The first-order valence-electron chi connectivity index (χ1n) is 4.98. The Bertz CT molecular complexity index is 352. The topological polar surface area (TPSA) is 0 Å². The smallest absolute Gasteiger partial charge is 1.00 e. The fourth-order valence-electron chi connectivity index (χ4n) is 1.68. The Morgan fingerprint density at radius 3 is 1.40 bits per heavy atom. The van der Waals surface area contributed by atoms with Gasteiger partial charge in [-0.2, -0.15) is 0 Å². The van der Waals surface area contributed by atoms with Crippen LogP contribution in [0.25, 0.3) is 0 Å². The Hall–Kier alpha value is -0.746. The van der Waals surface area contributed by atoms with Crippen molar-refractivity contribution in [3.8, 4) is 0 Å². The molecule has 0 nitrogen and oxygen atoms in total. The normalized spacial score (nSPS) is 9.73. The molecule has 0 spiro atoms. The average molecular weight is 206 g/mol. The van der Waals surface area contributed by atoms with Crippen LogP contribution in [0.4, 0.5) is 0 Å². The van der Waals surface area contributed by atoms with Gasteiger partial charge in [-0.15, -0.1) is 0 Å². The quantitative estimate of drug-likeness (QED) is 0.540. The van der Waals surface area contributed by atoms with Crippen LogP contribution in [-0.4, -0.2) is 8.80 Å². The van der Waals surface area contributed by atoms with Crippen LogP contribution in [0.3, 0.4) is 0 Å². The summed E-state index contributed by atoms with van der Waals surface area (Å²) in [7, 11) is -0.919. The molecule has 0 radical (unpaired) electrons. The van der Waals surface area contributed by atoms with Gasteiger partial charge < -0.3 is 1.43 Å².